The van der Waals surface area contributed by atoms with Crippen molar-refractivity contribution in [2.45, 2.75) is 52.5 Å². The monoisotopic (exact) mass is 401 g/mol. The molecule has 1 aromatic heterocycles. The van der Waals surface area contributed by atoms with Crippen LogP contribution in [-0.2, 0) is 6.42 Å². The molecule has 1 atom stereocenters. The summed E-state index contributed by atoms with van der Waals surface area (Å²) < 4.78 is 5.86. The summed E-state index contributed by atoms with van der Waals surface area (Å²) in [6.45, 7) is 5.82. The van der Waals surface area contributed by atoms with E-state index in [1.54, 1.807) is 24.3 Å². The van der Waals surface area contributed by atoms with Gasteiger partial charge >= 0.3 is 0 Å². The topological polar surface area (TPSA) is 83.7 Å². The molecule has 0 spiro atoms. The fourth-order valence-corrected chi connectivity index (χ4v) is 3.39. The Hall–Kier alpha value is -2.60. The third kappa shape index (κ3) is 4.28. The summed E-state index contributed by atoms with van der Waals surface area (Å²) >= 11 is 5.94. The Morgan fingerprint density at radius 1 is 1.29 bits per heavy atom. The van der Waals surface area contributed by atoms with E-state index in [9.17, 15) is 9.59 Å². The predicted molar refractivity (Wildman–Crippen MR) is 109 cm³/mol. The maximum atomic E-state index is 12.5. The number of aryl methyl sites for hydroxylation is 1. The van der Waals surface area contributed by atoms with Crippen molar-refractivity contribution >= 4 is 29.1 Å². The summed E-state index contributed by atoms with van der Waals surface area (Å²) in [4.78, 5) is 24.9. The molecule has 0 radical (unpaired) electrons. The maximum Gasteiger partial charge on any atom is 0.287 e. The first-order chi connectivity index (χ1) is 13.4. The molecular weight excluding hydrogens is 378 g/mol. The molecule has 2 amide bonds. The van der Waals surface area contributed by atoms with Gasteiger partial charge in [0.25, 0.3) is 11.8 Å². The molecule has 1 heterocycles. The van der Waals surface area contributed by atoms with Crippen molar-refractivity contribution in [3.05, 3.63) is 57.5 Å². The van der Waals surface area contributed by atoms with Crippen molar-refractivity contribution < 1.29 is 14.0 Å². The van der Waals surface area contributed by atoms with Gasteiger partial charge in [-0.1, -0.05) is 24.6 Å². The SMILES string of the molecule is CCC(C)NC(=O)c1oc2c(c1C)/C(=N/NC(=O)c1cccc(Cl)c1)CCC2. The van der Waals surface area contributed by atoms with Gasteiger partial charge in [0, 0.05) is 34.2 Å². The summed E-state index contributed by atoms with van der Waals surface area (Å²) in [6, 6.07) is 6.75. The first kappa shape index (κ1) is 20.1. The normalized spacial score (nSPS) is 15.8. The summed E-state index contributed by atoms with van der Waals surface area (Å²) in [5.74, 6) is 0.511. The number of hydrogen-bond donors (Lipinski definition) is 2. The first-order valence-corrected chi connectivity index (χ1v) is 9.84. The average molecular weight is 402 g/mol. The maximum absolute atomic E-state index is 12.5. The van der Waals surface area contributed by atoms with Crippen molar-refractivity contribution in [3.63, 3.8) is 0 Å². The lowest BCUT2D eigenvalue weighted by atomic mass is 9.93. The van der Waals surface area contributed by atoms with Crippen LogP contribution in [0, 0.1) is 6.92 Å². The van der Waals surface area contributed by atoms with E-state index >= 15 is 0 Å². The molecule has 7 heteroatoms. The minimum atomic E-state index is -0.335. The highest BCUT2D eigenvalue weighted by molar-refractivity contribution is 6.31. The van der Waals surface area contributed by atoms with E-state index in [2.05, 4.69) is 15.8 Å². The molecule has 3 rings (SSSR count). The third-order valence-electron chi connectivity index (χ3n) is 4.90. The van der Waals surface area contributed by atoms with Crippen LogP contribution in [0.25, 0.3) is 0 Å². The second-order valence-electron chi connectivity index (χ2n) is 7.00. The number of carbonyl (C=O) groups is 2. The average Bonchev–Trinajstić information content (AvgIpc) is 3.03. The zero-order chi connectivity index (χ0) is 20.3. The molecule has 1 aliphatic carbocycles. The fourth-order valence-electron chi connectivity index (χ4n) is 3.20. The standard InChI is InChI=1S/C21H24ClN3O3/c1-4-12(2)23-21(27)19-13(3)18-16(9-6-10-17(18)28-19)24-25-20(26)14-7-5-8-15(22)11-14/h5,7-8,11-12H,4,6,9-10H2,1-3H3,(H,23,27)(H,25,26)/b24-16+. The van der Waals surface area contributed by atoms with Gasteiger partial charge in [-0.25, -0.2) is 5.43 Å². The number of halogens is 1. The Morgan fingerprint density at radius 2 is 2.07 bits per heavy atom. The minimum Gasteiger partial charge on any atom is -0.455 e. The van der Waals surface area contributed by atoms with Crippen LogP contribution in [-0.4, -0.2) is 23.6 Å². The van der Waals surface area contributed by atoms with Gasteiger partial charge in [-0.2, -0.15) is 5.10 Å². The van der Waals surface area contributed by atoms with E-state index in [0.717, 1.165) is 41.9 Å². The smallest absolute Gasteiger partial charge is 0.287 e. The van der Waals surface area contributed by atoms with Gasteiger partial charge in [-0.3, -0.25) is 9.59 Å². The largest absolute Gasteiger partial charge is 0.455 e. The lowest BCUT2D eigenvalue weighted by Gasteiger charge is -2.13. The van der Waals surface area contributed by atoms with Gasteiger partial charge in [-0.15, -0.1) is 0 Å². The van der Waals surface area contributed by atoms with Crippen LogP contribution in [0.3, 0.4) is 0 Å². The van der Waals surface area contributed by atoms with Gasteiger partial charge in [-0.05, 0) is 51.3 Å². The second-order valence-corrected chi connectivity index (χ2v) is 7.44. The molecule has 1 aromatic carbocycles. The Kier molecular flexibility index (Phi) is 6.19. The van der Waals surface area contributed by atoms with Gasteiger partial charge in [0.15, 0.2) is 5.76 Å². The minimum absolute atomic E-state index is 0.0687. The van der Waals surface area contributed by atoms with Crippen LogP contribution >= 0.6 is 11.6 Å². The zero-order valence-electron chi connectivity index (χ0n) is 16.3. The Bertz CT molecular complexity index is 933. The van der Waals surface area contributed by atoms with E-state index in [0.29, 0.717) is 22.8 Å². The van der Waals surface area contributed by atoms with E-state index < -0.39 is 0 Å². The summed E-state index contributed by atoms with van der Waals surface area (Å²) in [7, 11) is 0. The van der Waals surface area contributed by atoms with Crippen molar-refractivity contribution in [1.82, 2.24) is 10.7 Å². The van der Waals surface area contributed by atoms with E-state index in [1.165, 1.54) is 0 Å². The quantitative estimate of drug-likeness (QED) is 0.735. The van der Waals surface area contributed by atoms with Crippen LogP contribution in [0.1, 0.15) is 70.9 Å². The van der Waals surface area contributed by atoms with Crippen LogP contribution in [0.15, 0.2) is 33.8 Å². The van der Waals surface area contributed by atoms with Crippen molar-refractivity contribution in [2.24, 2.45) is 5.10 Å². The number of rotatable bonds is 5. The van der Waals surface area contributed by atoms with Crippen molar-refractivity contribution in [3.8, 4) is 0 Å². The van der Waals surface area contributed by atoms with Gasteiger partial charge in [0.2, 0.25) is 0 Å². The molecule has 0 saturated heterocycles. The molecule has 0 fully saturated rings. The molecule has 148 valence electrons. The lowest BCUT2D eigenvalue weighted by Crippen LogP contribution is -2.32. The summed E-state index contributed by atoms with van der Waals surface area (Å²) in [6.07, 6.45) is 3.13. The first-order valence-electron chi connectivity index (χ1n) is 9.46. The number of amides is 2. The molecule has 1 unspecified atom stereocenters. The van der Waals surface area contributed by atoms with Crippen molar-refractivity contribution in [1.29, 1.82) is 0 Å². The molecule has 28 heavy (non-hydrogen) atoms. The van der Waals surface area contributed by atoms with Crippen LogP contribution in [0.5, 0.6) is 0 Å². The van der Waals surface area contributed by atoms with Crippen LogP contribution in [0.2, 0.25) is 5.02 Å². The van der Waals surface area contributed by atoms with Crippen LogP contribution in [0.4, 0.5) is 0 Å². The highest BCUT2D eigenvalue weighted by Crippen LogP contribution is 2.30. The molecule has 0 bridgehead atoms. The molecule has 2 aromatic rings. The highest BCUT2D eigenvalue weighted by Gasteiger charge is 2.28. The Balaban J connectivity index is 1.83. The van der Waals surface area contributed by atoms with Gasteiger partial charge in [0.1, 0.15) is 5.76 Å². The molecular formula is C21H24ClN3O3. The Labute approximate surface area is 169 Å². The predicted octanol–water partition coefficient (Wildman–Crippen LogP) is 4.24. The molecule has 6 nitrogen and oxygen atoms in total. The van der Waals surface area contributed by atoms with E-state index in [-0.39, 0.29) is 17.9 Å². The molecule has 0 saturated carbocycles. The number of hydrazone groups is 1. The van der Waals surface area contributed by atoms with E-state index in [4.69, 9.17) is 16.0 Å². The van der Waals surface area contributed by atoms with Gasteiger partial charge < -0.3 is 9.73 Å². The van der Waals surface area contributed by atoms with Gasteiger partial charge in [0.05, 0.1) is 5.71 Å². The summed E-state index contributed by atoms with van der Waals surface area (Å²) in [5, 5.41) is 7.75. The fraction of sp³-hybridized carbons (Fsp3) is 0.381. The van der Waals surface area contributed by atoms with Crippen molar-refractivity contribution in [2.75, 3.05) is 0 Å². The highest BCUT2D eigenvalue weighted by atomic mass is 35.5. The second kappa shape index (κ2) is 8.61. The number of nitrogens with zero attached hydrogens (tertiary/aromatic N) is 1. The number of nitrogens with one attached hydrogen (secondary N) is 2. The third-order valence-corrected chi connectivity index (χ3v) is 5.14. The summed E-state index contributed by atoms with van der Waals surface area (Å²) in [5.41, 5.74) is 5.33. The number of furan rings is 1. The zero-order valence-corrected chi connectivity index (χ0v) is 17.0. The molecule has 1 aliphatic rings. The number of fused-ring (bicyclic) bond motifs is 1. The number of carbonyl (C=O) groups excluding carboxylic acids is 2. The Morgan fingerprint density at radius 3 is 2.79 bits per heavy atom. The molecule has 0 aliphatic heterocycles. The number of hydrogen-bond acceptors (Lipinski definition) is 4. The molecule has 2 N–H and O–H groups in total. The van der Waals surface area contributed by atoms with E-state index in [1.807, 2.05) is 20.8 Å². The lowest BCUT2D eigenvalue weighted by molar-refractivity contribution is 0.0907. The number of benzene rings is 1. The van der Waals surface area contributed by atoms with Crippen LogP contribution < -0.4 is 10.7 Å².